The maximum atomic E-state index is 5.97. The second-order valence-corrected chi connectivity index (χ2v) is 5.85. The highest BCUT2D eigenvalue weighted by atomic mass is 35.5. The zero-order chi connectivity index (χ0) is 15.7. The van der Waals surface area contributed by atoms with Gasteiger partial charge in [-0.1, -0.05) is 23.7 Å². The van der Waals surface area contributed by atoms with E-state index < -0.39 is 0 Å². The predicted molar refractivity (Wildman–Crippen MR) is 91.7 cm³/mol. The van der Waals surface area contributed by atoms with Crippen LogP contribution < -0.4 is 4.90 Å². The minimum Gasteiger partial charge on any atom is -0.427 e. The van der Waals surface area contributed by atoms with E-state index in [-0.39, 0.29) is 5.35 Å². The number of aromatic nitrogens is 1. The zero-order valence-electron chi connectivity index (χ0n) is 12.2. The van der Waals surface area contributed by atoms with Crippen LogP contribution in [0.15, 0.2) is 52.9 Å². The maximum absolute atomic E-state index is 5.97. The van der Waals surface area contributed by atoms with E-state index in [9.17, 15) is 0 Å². The molecule has 0 amide bonds. The third kappa shape index (κ3) is 2.96. The quantitative estimate of drug-likeness (QED) is 0.644. The molecule has 0 fully saturated rings. The van der Waals surface area contributed by atoms with Gasteiger partial charge >= 0.3 is 0 Å². The number of benzene rings is 2. The average Bonchev–Trinajstić information content (AvgIpc) is 2.90. The lowest BCUT2D eigenvalue weighted by atomic mass is 10.1. The Hall–Kier alpha value is -1.97. The standard InChI is InChI=1S/C17H14Cl2N2O/c1-21(2)14-9-5-12(6-10-14)16-15(20-17(19)22-16)11-3-7-13(18)8-4-11/h3-10H,1-2H3. The number of rotatable bonds is 3. The average molecular weight is 333 g/mol. The lowest BCUT2D eigenvalue weighted by Crippen LogP contribution is -2.07. The minimum atomic E-state index is 0.122. The van der Waals surface area contributed by atoms with Crippen LogP contribution >= 0.6 is 23.2 Å². The lowest BCUT2D eigenvalue weighted by molar-refractivity contribution is 0.574. The highest BCUT2D eigenvalue weighted by Gasteiger charge is 2.16. The van der Waals surface area contributed by atoms with Crippen molar-refractivity contribution < 1.29 is 4.42 Å². The molecule has 2 aromatic carbocycles. The van der Waals surface area contributed by atoms with Crippen molar-refractivity contribution in [1.82, 2.24) is 4.98 Å². The van der Waals surface area contributed by atoms with Crippen LogP contribution in [0.5, 0.6) is 0 Å². The number of halogens is 2. The molecule has 1 heterocycles. The molecule has 0 aliphatic heterocycles. The molecule has 0 N–H and O–H groups in total. The second kappa shape index (κ2) is 6.03. The van der Waals surface area contributed by atoms with Crippen molar-refractivity contribution >= 4 is 28.9 Å². The molecule has 3 aromatic rings. The molecule has 0 saturated carbocycles. The Morgan fingerprint density at radius 2 is 1.45 bits per heavy atom. The van der Waals surface area contributed by atoms with E-state index in [0.29, 0.717) is 16.5 Å². The summed E-state index contributed by atoms with van der Waals surface area (Å²) in [6.07, 6.45) is 0. The first-order chi connectivity index (χ1) is 10.5. The fraction of sp³-hybridized carbons (Fsp3) is 0.118. The molecule has 0 radical (unpaired) electrons. The smallest absolute Gasteiger partial charge is 0.293 e. The van der Waals surface area contributed by atoms with E-state index in [0.717, 1.165) is 16.8 Å². The third-order valence-corrected chi connectivity index (χ3v) is 3.78. The van der Waals surface area contributed by atoms with Gasteiger partial charge in [-0.25, -0.2) is 0 Å². The van der Waals surface area contributed by atoms with E-state index >= 15 is 0 Å². The van der Waals surface area contributed by atoms with Crippen LogP contribution in [0, 0.1) is 0 Å². The lowest BCUT2D eigenvalue weighted by Gasteiger charge is -2.12. The van der Waals surface area contributed by atoms with E-state index in [1.807, 2.05) is 67.5 Å². The number of oxazole rings is 1. The second-order valence-electron chi connectivity index (χ2n) is 5.09. The van der Waals surface area contributed by atoms with E-state index in [4.69, 9.17) is 27.6 Å². The van der Waals surface area contributed by atoms with E-state index in [1.54, 1.807) is 0 Å². The van der Waals surface area contributed by atoms with Crippen LogP contribution in [-0.2, 0) is 0 Å². The molecule has 0 atom stereocenters. The van der Waals surface area contributed by atoms with Crippen LogP contribution in [-0.4, -0.2) is 19.1 Å². The molecule has 3 rings (SSSR count). The van der Waals surface area contributed by atoms with Crippen molar-refractivity contribution in [2.45, 2.75) is 0 Å². The summed E-state index contributed by atoms with van der Waals surface area (Å²) in [6, 6.07) is 15.5. The first-order valence-corrected chi connectivity index (χ1v) is 7.50. The van der Waals surface area contributed by atoms with Gasteiger partial charge in [0.15, 0.2) is 5.76 Å². The van der Waals surface area contributed by atoms with Gasteiger partial charge < -0.3 is 9.32 Å². The summed E-state index contributed by atoms with van der Waals surface area (Å²) in [5.74, 6) is 0.651. The van der Waals surface area contributed by atoms with Crippen molar-refractivity contribution in [3.05, 3.63) is 58.9 Å². The van der Waals surface area contributed by atoms with Crippen molar-refractivity contribution in [3.8, 4) is 22.6 Å². The number of anilines is 1. The molecule has 0 aliphatic rings. The molecule has 0 unspecified atom stereocenters. The van der Waals surface area contributed by atoms with E-state index in [2.05, 4.69) is 4.98 Å². The summed E-state index contributed by atoms with van der Waals surface area (Å²) in [7, 11) is 4.00. The molecular weight excluding hydrogens is 319 g/mol. The van der Waals surface area contributed by atoms with Crippen molar-refractivity contribution in [3.63, 3.8) is 0 Å². The van der Waals surface area contributed by atoms with Gasteiger partial charge in [0.2, 0.25) is 0 Å². The number of hydrogen-bond acceptors (Lipinski definition) is 3. The van der Waals surface area contributed by atoms with Crippen molar-refractivity contribution in [1.29, 1.82) is 0 Å². The number of nitrogens with zero attached hydrogens (tertiary/aromatic N) is 2. The molecular formula is C17H14Cl2N2O. The molecule has 1 aromatic heterocycles. The summed E-state index contributed by atoms with van der Waals surface area (Å²) in [4.78, 5) is 6.33. The minimum absolute atomic E-state index is 0.122. The van der Waals surface area contributed by atoms with Gasteiger partial charge in [-0.2, -0.15) is 4.98 Å². The van der Waals surface area contributed by atoms with Gasteiger partial charge in [0.1, 0.15) is 5.69 Å². The topological polar surface area (TPSA) is 29.3 Å². The predicted octanol–water partition coefficient (Wildman–Crippen LogP) is 5.38. The van der Waals surface area contributed by atoms with Gasteiger partial charge in [0.25, 0.3) is 5.35 Å². The fourth-order valence-corrected chi connectivity index (χ4v) is 2.49. The Bertz CT molecular complexity index is 777. The summed E-state index contributed by atoms with van der Waals surface area (Å²) in [5.41, 5.74) is 3.66. The van der Waals surface area contributed by atoms with E-state index in [1.165, 1.54) is 0 Å². The molecule has 112 valence electrons. The van der Waals surface area contributed by atoms with Gasteiger partial charge in [-0.15, -0.1) is 0 Å². The highest BCUT2D eigenvalue weighted by Crippen LogP contribution is 2.35. The third-order valence-electron chi connectivity index (χ3n) is 3.36. The summed E-state index contributed by atoms with van der Waals surface area (Å²) in [5, 5.41) is 0.798. The van der Waals surface area contributed by atoms with Gasteiger partial charge in [0, 0.05) is 35.9 Å². The van der Waals surface area contributed by atoms with Crippen molar-refractivity contribution in [2.75, 3.05) is 19.0 Å². The van der Waals surface area contributed by atoms with Crippen LogP contribution in [0.2, 0.25) is 10.4 Å². The van der Waals surface area contributed by atoms with Crippen LogP contribution in [0.25, 0.3) is 22.6 Å². The molecule has 3 nitrogen and oxygen atoms in total. The SMILES string of the molecule is CN(C)c1ccc(-c2oc(Cl)nc2-c2ccc(Cl)cc2)cc1. The molecule has 0 aliphatic carbocycles. The summed E-state index contributed by atoms with van der Waals surface area (Å²) in [6.45, 7) is 0. The largest absolute Gasteiger partial charge is 0.427 e. The molecule has 0 spiro atoms. The Kier molecular flexibility index (Phi) is 4.10. The first-order valence-electron chi connectivity index (χ1n) is 6.74. The Morgan fingerprint density at radius 3 is 2.05 bits per heavy atom. The fourth-order valence-electron chi connectivity index (χ4n) is 2.20. The Labute approximate surface area is 139 Å². The first kappa shape index (κ1) is 14.9. The Morgan fingerprint density at radius 1 is 0.864 bits per heavy atom. The maximum Gasteiger partial charge on any atom is 0.293 e. The molecule has 0 saturated heterocycles. The normalized spacial score (nSPS) is 10.7. The van der Waals surface area contributed by atoms with Crippen molar-refractivity contribution in [2.24, 2.45) is 0 Å². The molecule has 5 heteroatoms. The molecule has 0 bridgehead atoms. The monoisotopic (exact) mass is 332 g/mol. The highest BCUT2D eigenvalue weighted by molar-refractivity contribution is 6.30. The Balaban J connectivity index is 2.06. The van der Waals surface area contributed by atoms with Gasteiger partial charge in [-0.05, 0) is 48.0 Å². The van der Waals surface area contributed by atoms with Gasteiger partial charge in [0.05, 0.1) is 0 Å². The van der Waals surface area contributed by atoms with Crippen LogP contribution in [0.1, 0.15) is 0 Å². The van der Waals surface area contributed by atoms with Gasteiger partial charge in [-0.3, -0.25) is 0 Å². The molecule has 22 heavy (non-hydrogen) atoms. The van der Waals surface area contributed by atoms with Crippen LogP contribution in [0.4, 0.5) is 5.69 Å². The summed E-state index contributed by atoms with van der Waals surface area (Å²) >= 11 is 11.9. The summed E-state index contributed by atoms with van der Waals surface area (Å²) < 4.78 is 5.59. The number of hydrogen-bond donors (Lipinski definition) is 0. The van der Waals surface area contributed by atoms with Crippen LogP contribution in [0.3, 0.4) is 0 Å². The zero-order valence-corrected chi connectivity index (χ0v) is 13.7.